The van der Waals surface area contributed by atoms with E-state index in [1.807, 2.05) is 64.1 Å². The summed E-state index contributed by atoms with van der Waals surface area (Å²) in [4.78, 5) is 18.1. The topological polar surface area (TPSA) is 90.3 Å². The number of benzene rings is 3. The maximum absolute atomic E-state index is 13.8. The summed E-state index contributed by atoms with van der Waals surface area (Å²) in [5.74, 6) is 1.60. The van der Waals surface area contributed by atoms with Crippen molar-refractivity contribution in [3.63, 3.8) is 0 Å². The van der Waals surface area contributed by atoms with Crippen LogP contribution in [0.3, 0.4) is 0 Å². The lowest BCUT2D eigenvalue weighted by molar-refractivity contribution is -0.113. The molecule has 0 saturated carbocycles. The van der Waals surface area contributed by atoms with Gasteiger partial charge < -0.3 is 20.1 Å². The Morgan fingerprint density at radius 2 is 1.72 bits per heavy atom. The van der Waals surface area contributed by atoms with Crippen molar-refractivity contribution in [1.82, 2.24) is 14.8 Å². The van der Waals surface area contributed by atoms with Gasteiger partial charge in [-0.25, -0.2) is 4.68 Å². The Labute approximate surface area is 228 Å². The van der Waals surface area contributed by atoms with Gasteiger partial charge in [0.2, 0.25) is 5.95 Å². The third-order valence-corrected chi connectivity index (χ3v) is 6.77. The summed E-state index contributed by atoms with van der Waals surface area (Å²) in [5.41, 5.74) is 7.26. The van der Waals surface area contributed by atoms with E-state index in [4.69, 9.17) is 9.47 Å². The van der Waals surface area contributed by atoms with Crippen molar-refractivity contribution in [1.29, 1.82) is 0 Å². The summed E-state index contributed by atoms with van der Waals surface area (Å²) >= 11 is 0. The number of carbonyl (C=O) groups excluding carboxylic acids is 1. The summed E-state index contributed by atoms with van der Waals surface area (Å²) in [6.07, 6.45) is 1.48. The maximum Gasteiger partial charge on any atom is 0.255 e. The average Bonchev–Trinajstić information content (AvgIpc) is 3.38. The van der Waals surface area contributed by atoms with Crippen LogP contribution in [0, 0.1) is 20.8 Å². The van der Waals surface area contributed by atoms with E-state index in [1.54, 1.807) is 4.68 Å². The van der Waals surface area contributed by atoms with Crippen LogP contribution in [-0.4, -0.2) is 27.3 Å². The number of fused-ring (bicyclic) bond motifs is 1. The molecule has 39 heavy (non-hydrogen) atoms. The molecule has 8 nitrogen and oxygen atoms in total. The lowest BCUT2D eigenvalue weighted by Gasteiger charge is -2.29. The molecule has 200 valence electrons. The first-order valence-electron chi connectivity index (χ1n) is 13.0. The molecule has 1 aliphatic heterocycles. The van der Waals surface area contributed by atoms with Crippen molar-refractivity contribution in [2.24, 2.45) is 0 Å². The number of nitrogens with one attached hydrogen (secondary N) is 2. The highest BCUT2D eigenvalue weighted by Gasteiger charge is 2.34. The molecule has 1 aliphatic rings. The minimum absolute atomic E-state index is 0.212. The fourth-order valence-electron chi connectivity index (χ4n) is 4.76. The molecule has 5 rings (SSSR count). The Hall–Kier alpha value is -4.59. The van der Waals surface area contributed by atoms with Crippen LogP contribution in [0.1, 0.15) is 47.7 Å². The van der Waals surface area contributed by atoms with Crippen molar-refractivity contribution >= 4 is 17.5 Å². The first-order chi connectivity index (χ1) is 18.8. The lowest BCUT2D eigenvalue weighted by atomic mass is 9.94. The SMILES string of the molecule is CCOc1cc([C@H]2C(C(=O)Nc3ccc(C)cc3C)=C(C)Nc3ncnn32)ccc1OCc1ccc(C)cc1. The highest BCUT2D eigenvalue weighted by atomic mass is 16.5. The molecule has 1 aromatic heterocycles. The van der Waals surface area contributed by atoms with Gasteiger partial charge in [0.25, 0.3) is 5.91 Å². The van der Waals surface area contributed by atoms with Crippen LogP contribution in [-0.2, 0) is 11.4 Å². The van der Waals surface area contributed by atoms with Crippen LogP contribution in [0.5, 0.6) is 11.5 Å². The molecule has 4 aromatic rings. The van der Waals surface area contributed by atoms with Crippen LogP contribution in [0.4, 0.5) is 11.6 Å². The first kappa shape index (κ1) is 26.0. The van der Waals surface area contributed by atoms with Gasteiger partial charge in [-0.1, -0.05) is 53.6 Å². The number of hydrogen-bond donors (Lipinski definition) is 2. The zero-order chi connectivity index (χ0) is 27.5. The highest BCUT2D eigenvalue weighted by molar-refractivity contribution is 6.06. The van der Waals surface area contributed by atoms with Gasteiger partial charge in [0.1, 0.15) is 19.0 Å². The first-order valence-corrected chi connectivity index (χ1v) is 13.0. The number of rotatable bonds is 8. The van der Waals surface area contributed by atoms with Gasteiger partial charge in [-0.05, 0) is 69.5 Å². The Kier molecular flexibility index (Phi) is 7.36. The van der Waals surface area contributed by atoms with E-state index in [0.29, 0.717) is 41.9 Å². The van der Waals surface area contributed by atoms with Gasteiger partial charge in [-0.3, -0.25) is 4.79 Å². The quantitative estimate of drug-likeness (QED) is 0.290. The van der Waals surface area contributed by atoms with Crippen LogP contribution in [0.15, 0.2) is 78.3 Å². The number of aromatic nitrogens is 3. The predicted octanol–water partition coefficient (Wildman–Crippen LogP) is 6.11. The molecule has 8 heteroatoms. The van der Waals surface area contributed by atoms with Crippen LogP contribution in [0.2, 0.25) is 0 Å². The minimum Gasteiger partial charge on any atom is -0.490 e. The van der Waals surface area contributed by atoms with Crippen molar-refractivity contribution in [2.45, 2.75) is 47.3 Å². The minimum atomic E-state index is -0.514. The van der Waals surface area contributed by atoms with Gasteiger partial charge in [-0.2, -0.15) is 10.1 Å². The standard InChI is InChI=1S/C31H33N5O3/c1-6-38-27-16-24(12-14-26(27)39-17-23-10-7-19(2)8-11-23)29-28(22(5)34-31-32-18-33-36(29)31)30(37)35-25-13-9-20(3)15-21(25)4/h7-16,18,29H,6,17H2,1-5H3,(H,35,37)(H,32,33,34)/t29-/m0/s1. The fraction of sp³-hybridized carbons (Fsp3) is 0.258. The van der Waals surface area contributed by atoms with Gasteiger partial charge >= 0.3 is 0 Å². The fourth-order valence-corrected chi connectivity index (χ4v) is 4.76. The summed E-state index contributed by atoms with van der Waals surface area (Å²) in [5, 5.41) is 10.8. The van der Waals surface area contributed by atoms with E-state index in [1.165, 1.54) is 11.9 Å². The zero-order valence-corrected chi connectivity index (χ0v) is 22.9. The predicted molar refractivity (Wildman–Crippen MR) is 152 cm³/mol. The van der Waals surface area contributed by atoms with E-state index in [0.717, 1.165) is 27.9 Å². The molecule has 0 aliphatic carbocycles. The summed E-state index contributed by atoms with van der Waals surface area (Å²) < 4.78 is 13.9. The van der Waals surface area contributed by atoms with Crippen molar-refractivity contribution < 1.29 is 14.3 Å². The molecule has 0 saturated heterocycles. The normalized spacial score (nSPS) is 14.4. The molecule has 1 amide bonds. The largest absolute Gasteiger partial charge is 0.490 e. The molecule has 0 radical (unpaired) electrons. The second-order valence-corrected chi connectivity index (χ2v) is 9.78. The summed E-state index contributed by atoms with van der Waals surface area (Å²) in [6, 6.07) is 19.5. The van der Waals surface area contributed by atoms with Crippen LogP contribution in [0.25, 0.3) is 0 Å². The van der Waals surface area contributed by atoms with Gasteiger partial charge in [-0.15, -0.1) is 0 Å². The number of amides is 1. The Morgan fingerprint density at radius 1 is 0.949 bits per heavy atom. The van der Waals surface area contributed by atoms with E-state index >= 15 is 0 Å². The number of ether oxygens (including phenoxy) is 2. The number of allylic oxidation sites excluding steroid dienone is 1. The monoisotopic (exact) mass is 523 g/mol. The van der Waals surface area contributed by atoms with Crippen LogP contribution < -0.4 is 20.1 Å². The third-order valence-electron chi connectivity index (χ3n) is 6.77. The van der Waals surface area contributed by atoms with Gasteiger partial charge in [0.05, 0.1) is 12.2 Å². The molecule has 0 spiro atoms. The zero-order valence-electron chi connectivity index (χ0n) is 22.9. The third kappa shape index (κ3) is 5.50. The molecule has 3 aromatic carbocycles. The van der Waals surface area contributed by atoms with Crippen molar-refractivity contribution in [3.8, 4) is 11.5 Å². The molecular formula is C31H33N5O3. The van der Waals surface area contributed by atoms with E-state index in [2.05, 4.69) is 51.9 Å². The van der Waals surface area contributed by atoms with Gasteiger partial charge in [0, 0.05) is 11.4 Å². The van der Waals surface area contributed by atoms with Crippen molar-refractivity contribution in [3.05, 3.63) is 106 Å². The molecule has 2 N–H and O–H groups in total. The molecule has 0 unspecified atom stereocenters. The molecule has 1 atom stereocenters. The van der Waals surface area contributed by atoms with Crippen LogP contribution >= 0.6 is 0 Å². The smallest absolute Gasteiger partial charge is 0.255 e. The van der Waals surface area contributed by atoms with E-state index in [9.17, 15) is 4.79 Å². The Bertz CT molecular complexity index is 1540. The molecular weight excluding hydrogens is 490 g/mol. The second-order valence-electron chi connectivity index (χ2n) is 9.78. The van der Waals surface area contributed by atoms with E-state index < -0.39 is 6.04 Å². The number of carbonyl (C=O) groups is 1. The maximum atomic E-state index is 13.8. The van der Waals surface area contributed by atoms with E-state index in [-0.39, 0.29) is 5.91 Å². The number of hydrogen-bond acceptors (Lipinski definition) is 6. The molecule has 0 bridgehead atoms. The number of aryl methyl sites for hydroxylation is 3. The Morgan fingerprint density at radius 3 is 2.46 bits per heavy atom. The molecule has 2 heterocycles. The summed E-state index contributed by atoms with van der Waals surface area (Å²) in [6.45, 7) is 10.8. The number of anilines is 2. The Balaban J connectivity index is 1.49. The number of nitrogens with zero attached hydrogens (tertiary/aromatic N) is 3. The lowest BCUT2D eigenvalue weighted by Crippen LogP contribution is -2.31. The average molecular weight is 524 g/mol. The highest BCUT2D eigenvalue weighted by Crippen LogP contribution is 2.39. The molecule has 0 fully saturated rings. The van der Waals surface area contributed by atoms with Gasteiger partial charge in [0.15, 0.2) is 11.5 Å². The van der Waals surface area contributed by atoms with Crippen molar-refractivity contribution in [2.75, 3.05) is 17.2 Å². The second kappa shape index (κ2) is 11.0. The summed E-state index contributed by atoms with van der Waals surface area (Å²) in [7, 11) is 0.